The molecule has 31 heavy (non-hydrogen) atoms. The van der Waals surface area contributed by atoms with E-state index in [9.17, 15) is 9.90 Å². The van der Waals surface area contributed by atoms with Crippen LogP contribution >= 0.6 is 0 Å². The van der Waals surface area contributed by atoms with Gasteiger partial charge in [0.05, 0.1) is 0 Å². The Bertz CT molecular complexity index is 899. The van der Waals surface area contributed by atoms with Crippen molar-refractivity contribution in [1.82, 2.24) is 0 Å². The van der Waals surface area contributed by atoms with Crippen molar-refractivity contribution in [1.29, 1.82) is 0 Å². The Morgan fingerprint density at radius 2 is 1.61 bits per heavy atom. The highest BCUT2D eigenvalue weighted by Crippen LogP contribution is 2.31. The van der Waals surface area contributed by atoms with Crippen molar-refractivity contribution < 1.29 is 14.6 Å². The lowest BCUT2D eigenvalue weighted by Crippen LogP contribution is -2.34. The number of ether oxygens (including phenoxy) is 1. The molecule has 1 aliphatic carbocycles. The SMILES string of the molecule is C=C(C)C(=O)OC1(C)CCCCC1.Cc1ccc(C=CC(O)=Cc2ccccc2)cc1. The van der Waals surface area contributed by atoms with Gasteiger partial charge in [-0.25, -0.2) is 4.79 Å². The quantitative estimate of drug-likeness (QED) is 0.238. The Morgan fingerprint density at radius 1 is 1.00 bits per heavy atom. The molecule has 3 heteroatoms. The fourth-order valence-corrected chi connectivity index (χ4v) is 3.34. The van der Waals surface area contributed by atoms with Crippen LogP contribution in [0.1, 0.15) is 62.6 Å². The molecule has 164 valence electrons. The predicted octanol–water partition coefficient (Wildman–Crippen LogP) is 7.44. The van der Waals surface area contributed by atoms with Gasteiger partial charge in [0.25, 0.3) is 0 Å². The third-order valence-electron chi connectivity index (χ3n) is 5.24. The summed E-state index contributed by atoms with van der Waals surface area (Å²) in [6, 6.07) is 17.9. The highest BCUT2D eigenvalue weighted by Gasteiger charge is 2.30. The highest BCUT2D eigenvalue weighted by atomic mass is 16.6. The van der Waals surface area contributed by atoms with E-state index in [1.54, 1.807) is 19.1 Å². The third-order valence-corrected chi connectivity index (χ3v) is 5.24. The zero-order chi connectivity index (χ0) is 22.7. The molecular weight excluding hydrogens is 384 g/mol. The molecule has 1 N–H and O–H groups in total. The standard InChI is InChI=1S/C17H16O.C11H18O2/c1-14-7-9-15(10-8-14)11-12-17(18)13-16-5-3-2-4-6-16;1-9(2)10(12)13-11(3)7-5-4-6-8-11/h2-13,18H,1H3;1,4-8H2,2-3H3. The molecule has 1 fully saturated rings. The molecule has 3 rings (SSSR count). The van der Waals surface area contributed by atoms with E-state index in [2.05, 4.69) is 25.6 Å². The van der Waals surface area contributed by atoms with E-state index in [0.29, 0.717) is 5.57 Å². The molecule has 0 saturated heterocycles. The molecule has 0 aliphatic heterocycles. The molecule has 2 aromatic rings. The summed E-state index contributed by atoms with van der Waals surface area (Å²) < 4.78 is 5.40. The van der Waals surface area contributed by atoms with E-state index in [1.807, 2.05) is 55.5 Å². The maximum Gasteiger partial charge on any atom is 0.333 e. The Morgan fingerprint density at radius 3 is 2.19 bits per heavy atom. The minimum absolute atomic E-state index is 0.228. The van der Waals surface area contributed by atoms with Crippen molar-refractivity contribution in [2.24, 2.45) is 0 Å². The molecule has 1 saturated carbocycles. The first-order chi connectivity index (χ1) is 14.8. The number of hydrogen-bond donors (Lipinski definition) is 1. The second kappa shape index (κ2) is 11.9. The van der Waals surface area contributed by atoms with E-state index >= 15 is 0 Å². The molecule has 1 aliphatic rings. The van der Waals surface area contributed by atoms with Gasteiger partial charge >= 0.3 is 5.97 Å². The number of benzene rings is 2. The van der Waals surface area contributed by atoms with E-state index < -0.39 is 0 Å². The van der Waals surface area contributed by atoms with E-state index in [0.717, 1.165) is 24.0 Å². The van der Waals surface area contributed by atoms with Gasteiger partial charge in [-0.2, -0.15) is 0 Å². The molecule has 0 atom stereocenters. The summed E-state index contributed by atoms with van der Waals surface area (Å²) in [6.07, 6.45) is 10.9. The molecule has 2 aromatic carbocycles. The molecule has 0 radical (unpaired) electrons. The van der Waals surface area contributed by atoms with Gasteiger partial charge in [0.1, 0.15) is 11.4 Å². The smallest absolute Gasteiger partial charge is 0.333 e. The fraction of sp³-hybridized carbons (Fsp3) is 0.321. The zero-order valence-corrected chi connectivity index (χ0v) is 18.9. The number of rotatable bonds is 5. The summed E-state index contributed by atoms with van der Waals surface area (Å²) >= 11 is 0. The van der Waals surface area contributed by atoms with E-state index in [4.69, 9.17) is 4.74 Å². The lowest BCUT2D eigenvalue weighted by molar-refractivity contribution is -0.156. The third kappa shape index (κ3) is 9.08. The summed E-state index contributed by atoms with van der Waals surface area (Å²) in [5.74, 6) is 0.00572. The van der Waals surface area contributed by atoms with Crippen LogP contribution in [-0.4, -0.2) is 16.7 Å². The summed E-state index contributed by atoms with van der Waals surface area (Å²) in [5, 5.41) is 9.79. The zero-order valence-electron chi connectivity index (χ0n) is 18.9. The molecule has 0 amide bonds. The molecule has 0 bridgehead atoms. The van der Waals surface area contributed by atoms with E-state index in [-0.39, 0.29) is 17.3 Å². The van der Waals surface area contributed by atoms with Crippen LogP contribution in [0.25, 0.3) is 12.2 Å². The average Bonchev–Trinajstić information content (AvgIpc) is 2.75. The van der Waals surface area contributed by atoms with Gasteiger partial charge in [-0.15, -0.1) is 0 Å². The number of allylic oxidation sites excluding steroid dienone is 1. The second-order valence-corrected chi connectivity index (χ2v) is 8.40. The van der Waals surface area contributed by atoms with Crippen molar-refractivity contribution in [2.75, 3.05) is 0 Å². The summed E-state index contributed by atoms with van der Waals surface area (Å²) in [6.45, 7) is 9.34. The first kappa shape index (κ1) is 24.2. The molecule has 0 unspecified atom stereocenters. The molecule has 0 spiro atoms. The topological polar surface area (TPSA) is 46.5 Å². The number of esters is 1. The lowest BCUT2D eigenvalue weighted by atomic mass is 9.86. The number of aryl methyl sites for hydroxylation is 1. The van der Waals surface area contributed by atoms with Gasteiger partial charge in [0.15, 0.2) is 0 Å². The van der Waals surface area contributed by atoms with Crippen molar-refractivity contribution in [2.45, 2.75) is 58.5 Å². The molecule has 3 nitrogen and oxygen atoms in total. The summed E-state index contributed by atoms with van der Waals surface area (Å²) in [5.41, 5.74) is 3.56. The van der Waals surface area contributed by atoms with Crippen LogP contribution < -0.4 is 0 Å². The van der Waals surface area contributed by atoms with Crippen molar-refractivity contribution in [3.05, 3.63) is 95.3 Å². The predicted molar refractivity (Wildman–Crippen MR) is 130 cm³/mol. The van der Waals surface area contributed by atoms with Crippen molar-refractivity contribution in [3.63, 3.8) is 0 Å². The van der Waals surface area contributed by atoms with Gasteiger partial charge in [0, 0.05) is 5.57 Å². The molecular formula is C28H34O3. The van der Waals surface area contributed by atoms with Crippen molar-refractivity contribution >= 4 is 18.1 Å². The first-order valence-corrected chi connectivity index (χ1v) is 10.9. The Labute approximate surface area is 186 Å². The molecule has 0 heterocycles. The number of hydrogen-bond acceptors (Lipinski definition) is 3. The number of carbonyl (C=O) groups excluding carboxylic acids is 1. The van der Waals surface area contributed by atoms with Crippen LogP contribution in [0.4, 0.5) is 0 Å². The van der Waals surface area contributed by atoms with Crippen LogP contribution in [0, 0.1) is 6.92 Å². The van der Waals surface area contributed by atoms with Crippen LogP contribution in [-0.2, 0) is 9.53 Å². The Balaban J connectivity index is 0.000000233. The second-order valence-electron chi connectivity index (χ2n) is 8.40. The van der Waals surface area contributed by atoms with Gasteiger partial charge in [0.2, 0.25) is 0 Å². The van der Waals surface area contributed by atoms with Crippen LogP contribution in [0.3, 0.4) is 0 Å². The van der Waals surface area contributed by atoms with Crippen LogP contribution in [0.5, 0.6) is 0 Å². The average molecular weight is 419 g/mol. The van der Waals surface area contributed by atoms with E-state index in [1.165, 1.54) is 24.8 Å². The Hall–Kier alpha value is -3.07. The minimum Gasteiger partial charge on any atom is -0.508 e. The van der Waals surface area contributed by atoms with Crippen LogP contribution in [0.2, 0.25) is 0 Å². The number of aliphatic hydroxyl groups is 1. The summed E-state index contributed by atoms with van der Waals surface area (Å²) in [7, 11) is 0. The largest absolute Gasteiger partial charge is 0.508 e. The van der Waals surface area contributed by atoms with Gasteiger partial charge in [-0.1, -0.05) is 79.2 Å². The molecule has 0 aromatic heterocycles. The van der Waals surface area contributed by atoms with Crippen molar-refractivity contribution in [3.8, 4) is 0 Å². The normalized spacial score (nSPS) is 15.6. The first-order valence-electron chi connectivity index (χ1n) is 10.9. The fourth-order valence-electron chi connectivity index (χ4n) is 3.34. The van der Waals surface area contributed by atoms with Gasteiger partial charge in [-0.3, -0.25) is 0 Å². The maximum absolute atomic E-state index is 11.3. The highest BCUT2D eigenvalue weighted by molar-refractivity contribution is 5.87. The monoisotopic (exact) mass is 418 g/mol. The summed E-state index contributed by atoms with van der Waals surface area (Å²) in [4.78, 5) is 11.3. The van der Waals surface area contributed by atoms with Gasteiger partial charge < -0.3 is 9.84 Å². The van der Waals surface area contributed by atoms with Crippen LogP contribution in [0.15, 0.2) is 78.6 Å². The van der Waals surface area contributed by atoms with Gasteiger partial charge in [-0.05, 0) is 69.7 Å². The number of carbonyl (C=O) groups is 1. The lowest BCUT2D eigenvalue weighted by Gasteiger charge is -2.33. The maximum atomic E-state index is 11.3. The minimum atomic E-state index is -0.246. The number of aliphatic hydroxyl groups excluding tert-OH is 1. The Kier molecular flexibility index (Phi) is 9.33.